The maximum absolute atomic E-state index is 13.5. The molecule has 47 heavy (non-hydrogen) atoms. The Balaban J connectivity index is 1.71. The highest BCUT2D eigenvalue weighted by Crippen LogP contribution is 2.37. The van der Waals surface area contributed by atoms with Crippen LogP contribution in [0.5, 0.6) is 0 Å². The fourth-order valence-corrected chi connectivity index (χ4v) is 5.49. The second-order valence-corrected chi connectivity index (χ2v) is 12.7. The number of hydrogen-bond acceptors (Lipinski definition) is 6. The molecule has 4 aromatic rings. The molecule has 0 saturated carbocycles. The lowest BCUT2D eigenvalue weighted by atomic mass is 10.1. The topological polar surface area (TPSA) is 135 Å². The number of carbonyl (C=O) groups excluding carboxylic acids is 2. The molecule has 2 aromatic carbocycles. The number of aromatic nitrogens is 3. The maximum Gasteiger partial charge on any atom is 0.416 e. The van der Waals surface area contributed by atoms with Gasteiger partial charge in [0.1, 0.15) is 5.69 Å². The SMILES string of the molecule is CC(C)NC(=O)c1cc(Cl)ccc1NC(=O)c1cc(CNS(=O)(=O)c2cc(C(F)(F)F)cc(C(F)(F)F)c2)nn1-c1ncccc1Cl. The van der Waals surface area contributed by atoms with Crippen LogP contribution in [0.2, 0.25) is 10.0 Å². The first kappa shape index (κ1) is 35.7. The van der Waals surface area contributed by atoms with Crippen molar-refractivity contribution in [2.24, 2.45) is 0 Å². The van der Waals surface area contributed by atoms with Crippen molar-refractivity contribution in [1.29, 1.82) is 0 Å². The van der Waals surface area contributed by atoms with Gasteiger partial charge in [-0.2, -0.15) is 31.4 Å². The standard InChI is InChI=1S/C28H22Cl2F6N6O4S/c1-14(2)39-25(43)20-11-17(29)5-6-22(20)40-26(44)23-12-18(41-42(23)24-21(30)4-3-7-37-24)13-38-47(45,46)19-9-15(27(31,32)33)8-16(10-19)28(34,35)36/h3-12,14,38H,13H2,1-2H3,(H,39,43)(H,40,44). The van der Waals surface area contributed by atoms with Crippen LogP contribution in [-0.4, -0.2) is 41.0 Å². The van der Waals surface area contributed by atoms with Crippen LogP contribution in [0.25, 0.3) is 5.82 Å². The number of hydrogen-bond donors (Lipinski definition) is 3. The van der Waals surface area contributed by atoms with Crippen LogP contribution < -0.4 is 15.4 Å². The second kappa shape index (κ2) is 13.5. The van der Waals surface area contributed by atoms with E-state index in [2.05, 4.69) is 20.7 Å². The minimum absolute atomic E-state index is 0.00363. The van der Waals surface area contributed by atoms with Gasteiger partial charge in [-0.1, -0.05) is 23.2 Å². The zero-order valence-corrected chi connectivity index (χ0v) is 26.3. The van der Waals surface area contributed by atoms with Crippen molar-refractivity contribution in [3.63, 3.8) is 0 Å². The van der Waals surface area contributed by atoms with E-state index in [-0.39, 0.29) is 62.7 Å². The number of amides is 2. The summed E-state index contributed by atoms with van der Waals surface area (Å²) in [5, 5.41) is 9.57. The Bertz CT molecular complexity index is 1920. The van der Waals surface area contributed by atoms with E-state index in [4.69, 9.17) is 23.2 Å². The van der Waals surface area contributed by atoms with Crippen molar-refractivity contribution >= 4 is 50.7 Å². The fourth-order valence-electron chi connectivity index (χ4n) is 4.05. The van der Waals surface area contributed by atoms with Crippen LogP contribution in [0.15, 0.2) is 65.7 Å². The molecule has 0 atom stereocenters. The van der Waals surface area contributed by atoms with Crippen molar-refractivity contribution in [3.8, 4) is 5.82 Å². The van der Waals surface area contributed by atoms with Gasteiger partial charge < -0.3 is 10.6 Å². The van der Waals surface area contributed by atoms with Gasteiger partial charge >= 0.3 is 12.4 Å². The lowest BCUT2D eigenvalue weighted by Gasteiger charge is -2.14. The minimum Gasteiger partial charge on any atom is -0.350 e. The summed E-state index contributed by atoms with van der Waals surface area (Å²) in [7, 11) is -5.00. The van der Waals surface area contributed by atoms with Gasteiger partial charge in [0.25, 0.3) is 11.8 Å². The molecule has 0 aliphatic rings. The van der Waals surface area contributed by atoms with Crippen molar-refractivity contribution < 1.29 is 44.3 Å². The zero-order valence-electron chi connectivity index (χ0n) is 24.0. The number of pyridine rings is 1. The van der Waals surface area contributed by atoms with Gasteiger partial charge in [0, 0.05) is 17.3 Å². The van der Waals surface area contributed by atoms with Gasteiger partial charge in [-0.25, -0.2) is 22.8 Å². The molecule has 19 heteroatoms. The summed E-state index contributed by atoms with van der Waals surface area (Å²) < 4.78 is 109. The van der Waals surface area contributed by atoms with E-state index in [0.717, 1.165) is 10.7 Å². The van der Waals surface area contributed by atoms with Crippen LogP contribution in [0.1, 0.15) is 51.5 Å². The lowest BCUT2D eigenvalue weighted by molar-refractivity contribution is -0.143. The Morgan fingerprint density at radius 3 is 2.13 bits per heavy atom. The average Bonchev–Trinajstić information content (AvgIpc) is 3.40. The molecule has 0 spiro atoms. The lowest BCUT2D eigenvalue weighted by Crippen LogP contribution is -2.31. The molecule has 3 N–H and O–H groups in total. The van der Waals surface area contributed by atoms with Crippen LogP contribution in [0.4, 0.5) is 32.0 Å². The summed E-state index contributed by atoms with van der Waals surface area (Å²) in [6.07, 6.45) is -9.26. The monoisotopic (exact) mass is 722 g/mol. The number of carbonyl (C=O) groups is 2. The summed E-state index contributed by atoms with van der Waals surface area (Å²) in [6.45, 7) is 2.64. The molecule has 4 rings (SSSR count). The van der Waals surface area contributed by atoms with E-state index >= 15 is 0 Å². The van der Waals surface area contributed by atoms with Crippen molar-refractivity contribution in [2.75, 3.05) is 5.32 Å². The van der Waals surface area contributed by atoms with Gasteiger partial charge in [0.05, 0.1) is 44.5 Å². The normalized spacial score (nSPS) is 12.3. The third-order valence-corrected chi connectivity index (χ3v) is 8.05. The van der Waals surface area contributed by atoms with Gasteiger partial charge in [-0.3, -0.25) is 9.59 Å². The molecule has 0 radical (unpaired) electrons. The van der Waals surface area contributed by atoms with Crippen LogP contribution >= 0.6 is 23.2 Å². The molecule has 0 saturated heterocycles. The minimum atomic E-state index is -5.28. The molecule has 0 aliphatic carbocycles. The molecule has 0 fully saturated rings. The first-order valence-corrected chi connectivity index (χ1v) is 15.4. The molecule has 0 unspecified atom stereocenters. The van der Waals surface area contributed by atoms with Gasteiger partial charge in [0.2, 0.25) is 10.0 Å². The van der Waals surface area contributed by atoms with E-state index in [1.165, 1.54) is 36.5 Å². The first-order chi connectivity index (χ1) is 21.8. The number of rotatable bonds is 9. The second-order valence-electron chi connectivity index (χ2n) is 10.1. The molecule has 0 aliphatic heterocycles. The van der Waals surface area contributed by atoms with E-state index in [0.29, 0.717) is 0 Å². The largest absolute Gasteiger partial charge is 0.416 e. The Morgan fingerprint density at radius 2 is 1.55 bits per heavy atom. The van der Waals surface area contributed by atoms with Gasteiger partial charge in [0.15, 0.2) is 5.82 Å². The number of anilines is 1. The van der Waals surface area contributed by atoms with E-state index < -0.39 is 56.8 Å². The summed E-state index contributed by atoms with van der Waals surface area (Å²) >= 11 is 12.3. The van der Waals surface area contributed by atoms with Crippen LogP contribution in [0.3, 0.4) is 0 Å². The van der Waals surface area contributed by atoms with Gasteiger partial charge in [-0.15, -0.1) is 0 Å². The molecule has 0 bridgehead atoms. The van der Waals surface area contributed by atoms with Crippen LogP contribution in [0, 0.1) is 0 Å². The van der Waals surface area contributed by atoms with E-state index in [1.807, 2.05) is 4.72 Å². The maximum atomic E-state index is 13.5. The summed E-state index contributed by atoms with van der Waals surface area (Å²) in [5.74, 6) is -1.53. The number of nitrogens with zero attached hydrogens (tertiary/aromatic N) is 3. The summed E-state index contributed by atoms with van der Waals surface area (Å²) in [6, 6.07) is 7.71. The third-order valence-electron chi connectivity index (χ3n) is 6.14. The van der Waals surface area contributed by atoms with Gasteiger partial charge in [-0.05, 0) is 68.4 Å². The Kier molecular flexibility index (Phi) is 10.2. The number of sulfonamides is 1. The molecular formula is C28H22Cl2F6N6O4S. The third kappa shape index (κ3) is 8.59. The highest BCUT2D eigenvalue weighted by molar-refractivity contribution is 7.89. The summed E-state index contributed by atoms with van der Waals surface area (Å²) in [5.41, 5.74) is -4.12. The average molecular weight is 723 g/mol. The molecular weight excluding hydrogens is 701 g/mol. The molecule has 2 heterocycles. The highest BCUT2D eigenvalue weighted by Gasteiger charge is 2.38. The molecule has 10 nitrogen and oxygen atoms in total. The molecule has 2 amide bonds. The highest BCUT2D eigenvalue weighted by atomic mass is 35.5. The molecule has 250 valence electrons. The van der Waals surface area contributed by atoms with Crippen molar-refractivity contribution in [2.45, 2.75) is 43.7 Å². The Hall–Kier alpha value is -4.19. The van der Waals surface area contributed by atoms with Crippen molar-refractivity contribution in [3.05, 3.63) is 98.9 Å². The predicted molar refractivity (Wildman–Crippen MR) is 159 cm³/mol. The quantitative estimate of drug-likeness (QED) is 0.169. The summed E-state index contributed by atoms with van der Waals surface area (Å²) in [4.78, 5) is 29.1. The number of nitrogens with one attached hydrogen (secondary N) is 3. The smallest absolute Gasteiger partial charge is 0.350 e. The Labute approximate surface area is 273 Å². The molecule has 2 aromatic heterocycles. The number of benzene rings is 2. The zero-order chi connectivity index (χ0) is 34.9. The number of alkyl halides is 6. The van der Waals surface area contributed by atoms with Crippen LogP contribution in [-0.2, 0) is 28.9 Å². The first-order valence-electron chi connectivity index (χ1n) is 13.2. The number of halogens is 8. The van der Waals surface area contributed by atoms with E-state index in [1.54, 1.807) is 13.8 Å². The fraction of sp³-hybridized carbons (Fsp3) is 0.214. The Morgan fingerprint density at radius 1 is 0.915 bits per heavy atom. The van der Waals surface area contributed by atoms with Crippen molar-refractivity contribution in [1.82, 2.24) is 24.8 Å². The predicted octanol–water partition coefficient (Wildman–Crippen LogP) is 6.48. The van der Waals surface area contributed by atoms with E-state index in [9.17, 15) is 44.3 Å².